The number of aromatic amines is 1. The van der Waals surface area contributed by atoms with Gasteiger partial charge < -0.3 is 15.0 Å². The summed E-state index contributed by atoms with van der Waals surface area (Å²) < 4.78 is 0. The van der Waals surface area contributed by atoms with Gasteiger partial charge in [0.15, 0.2) is 0 Å². The number of carboxylic acid groups (broad SMARTS) is 1. The normalized spacial score (nSPS) is 22.5. The number of aliphatic carboxylic acids is 1. The van der Waals surface area contributed by atoms with E-state index in [1.54, 1.807) is 24.3 Å². The number of benzene rings is 2. The van der Waals surface area contributed by atoms with Gasteiger partial charge in [-0.3, -0.25) is 9.59 Å². The van der Waals surface area contributed by atoms with Crippen LogP contribution < -0.4 is 0 Å². The van der Waals surface area contributed by atoms with Crippen LogP contribution in [0.1, 0.15) is 46.3 Å². The van der Waals surface area contributed by atoms with Crippen molar-refractivity contribution < 1.29 is 14.7 Å². The summed E-state index contributed by atoms with van der Waals surface area (Å²) in [6.45, 7) is 0. The van der Waals surface area contributed by atoms with Crippen LogP contribution in [0.2, 0.25) is 0 Å². The van der Waals surface area contributed by atoms with Crippen LogP contribution >= 0.6 is 0 Å². The highest BCUT2D eigenvalue weighted by Crippen LogP contribution is 2.48. The van der Waals surface area contributed by atoms with Crippen molar-refractivity contribution in [1.82, 2.24) is 9.88 Å². The maximum absolute atomic E-state index is 13.2. The van der Waals surface area contributed by atoms with Gasteiger partial charge in [0.25, 0.3) is 5.91 Å². The lowest BCUT2D eigenvalue weighted by molar-refractivity contribution is -0.140. The minimum absolute atomic E-state index is 0.0594. The third-order valence-electron chi connectivity index (χ3n) is 5.52. The molecule has 2 heterocycles. The average molecular weight is 346 g/mol. The molecule has 2 N–H and O–H groups in total. The molecule has 1 fully saturated rings. The number of rotatable bonds is 3. The van der Waals surface area contributed by atoms with Crippen molar-refractivity contribution in [2.45, 2.75) is 30.8 Å². The highest BCUT2D eigenvalue weighted by molar-refractivity contribution is 6.01. The minimum Gasteiger partial charge on any atom is -0.481 e. The van der Waals surface area contributed by atoms with Gasteiger partial charge in [0, 0.05) is 34.3 Å². The van der Waals surface area contributed by atoms with Crippen molar-refractivity contribution in [3.05, 3.63) is 71.4 Å². The highest BCUT2D eigenvalue weighted by atomic mass is 16.4. The van der Waals surface area contributed by atoms with E-state index in [4.69, 9.17) is 0 Å². The topological polar surface area (TPSA) is 73.4 Å². The molecular weight excluding hydrogens is 328 g/mol. The molecule has 1 aromatic heterocycles. The molecule has 2 aromatic carbocycles. The maximum atomic E-state index is 13.2. The van der Waals surface area contributed by atoms with Gasteiger partial charge in [0.2, 0.25) is 0 Å². The summed E-state index contributed by atoms with van der Waals surface area (Å²) in [5.74, 6) is -1.73. The number of carbonyl (C=O) groups excluding carboxylic acids is 1. The van der Waals surface area contributed by atoms with E-state index in [9.17, 15) is 14.7 Å². The van der Waals surface area contributed by atoms with Crippen LogP contribution in [0.15, 0.2) is 54.7 Å². The van der Waals surface area contributed by atoms with E-state index in [1.165, 1.54) is 0 Å². The van der Waals surface area contributed by atoms with Crippen LogP contribution in [0, 0.1) is 0 Å². The van der Waals surface area contributed by atoms with Gasteiger partial charge in [-0.2, -0.15) is 0 Å². The second kappa shape index (κ2) is 5.46. The van der Waals surface area contributed by atoms with Crippen molar-refractivity contribution in [1.29, 1.82) is 0 Å². The number of para-hydroxylation sites is 1. The van der Waals surface area contributed by atoms with Crippen LogP contribution in [0.3, 0.4) is 0 Å². The summed E-state index contributed by atoms with van der Waals surface area (Å²) in [6, 6.07) is 14.6. The molecule has 2 unspecified atom stereocenters. The molecule has 5 heteroatoms. The van der Waals surface area contributed by atoms with Crippen molar-refractivity contribution in [3.63, 3.8) is 0 Å². The van der Waals surface area contributed by atoms with Crippen molar-refractivity contribution in [2.24, 2.45) is 0 Å². The number of nitrogens with one attached hydrogen (secondary N) is 1. The molecule has 1 aliphatic carbocycles. The number of hydrogen-bond donors (Lipinski definition) is 2. The van der Waals surface area contributed by atoms with E-state index in [2.05, 4.69) is 4.98 Å². The first-order chi connectivity index (χ1) is 12.7. The molecule has 0 saturated heterocycles. The lowest BCUT2D eigenvalue weighted by Gasteiger charge is -2.40. The molecule has 1 amide bonds. The Balaban J connectivity index is 1.77. The minimum atomic E-state index is -0.897. The second-order valence-electron chi connectivity index (χ2n) is 7.08. The third kappa shape index (κ3) is 2.10. The molecule has 0 radical (unpaired) electrons. The molecule has 26 heavy (non-hydrogen) atoms. The smallest absolute Gasteiger partial charge is 0.313 e. The Bertz CT molecular complexity index is 1030. The summed E-state index contributed by atoms with van der Waals surface area (Å²) in [6.07, 6.45) is 3.72. The predicted molar refractivity (Wildman–Crippen MR) is 97.1 cm³/mol. The summed E-state index contributed by atoms with van der Waals surface area (Å²) in [7, 11) is 0. The number of hydrogen-bond acceptors (Lipinski definition) is 2. The summed E-state index contributed by atoms with van der Waals surface area (Å²) in [4.78, 5) is 30.6. The molecule has 5 rings (SSSR count). The van der Waals surface area contributed by atoms with E-state index in [-0.39, 0.29) is 11.9 Å². The molecule has 2 atom stereocenters. The number of carboxylic acids is 1. The second-order valence-corrected chi connectivity index (χ2v) is 7.08. The molecule has 1 saturated carbocycles. The number of nitrogens with zero attached hydrogens (tertiary/aromatic N) is 1. The number of amides is 1. The van der Waals surface area contributed by atoms with Crippen LogP contribution in [-0.4, -0.2) is 32.9 Å². The predicted octanol–water partition coefficient (Wildman–Crippen LogP) is 3.70. The third-order valence-corrected chi connectivity index (χ3v) is 5.52. The average Bonchev–Trinajstić information content (AvgIpc) is 3.39. The summed E-state index contributed by atoms with van der Waals surface area (Å²) in [5.41, 5.74) is 2.96. The van der Waals surface area contributed by atoms with E-state index in [0.29, 0.717) is 11.1 Å². The standard InChI is InChI=1S/C21H18N2O3/c24-20-15-7-2-1-6-14(15)18(21(25)26)19(23(20)12-9-10-12)16-11-22-17-8-4-3-5-13(16)17/h1-8,11-12,18-19,22H,9-10H2,(H,25,26). The fourth-order valence-electron chi connectivity index (χ4n) is 4.24. The number of H-pyrrole nitrogens is 1. The monoisotopic (exact) mass is 346 g/mol. The van der Waals surface area contributed by atoms with Crippen molar-refractivity contribution in [3.8, 4) is 0 Å². The van der Waals surface area contributed by atoms with Crippen molar-refractivity contribution in [2.75, 3.05) is 0 Å². The van der Waals surface area contributed by atoms with Crippen LogP contribution in [0.5, 0.6) is 0 Å². The quantitative estimate of drug-likeness (QED) is 0.759. The molecule has 2 aliphatic rings. The van der Waals surface area contributed by atoms with Gasteiger partial charge in [-0.05, 0) is 30.5 Å². The molecule has 1 aliphatic heterocycles. The Labute approximate surface area is 150 Å². The van der Waals surface area contributed by atoms with Gasteiger partial charge >= 0.3 is 5.97 Å². The first kappa shape index (κ1) is 15.2. The van der Waals surface area contributed by atoms with Crippen LogP contribution in [-0.2, 0) is 4.79 Å². The molecule has 0 bridgehead atoms. The molecule has 5 nitrogen and oxygen atoms in total. The van der Waals surface area contributed by atoms with E-state index in [1.807, 2.05) is 35.4 Å². The number of fused-ring (bicyclic) bond motifs is 2. The van der Waals surface area contributed by atoms with Crippen LogP contribution in [0.4, 0.5) is 0 Å². The first-order valence-corrected chi connectivity index (χ1v) is 8.87. The Hall–Kier alpha value is -3.08. The molecule has 0 spiro atoms. The zero-order chi connectivity index (χ0) is 17.8. The highest BCUT2D eigenvalue weighted by Gasteiger charge is 2.49. The van der Waals surface area contributed by atoms with Gasteiger partial charge in [-0.25, -0.2) is 0 Å². The largest absolute Gasteiger partial charge is 0.481 e. The van der Waals surface area contributed by atoms with Gasteiger partial charge in [0.05, 0.1) is 6.04 Å². The summed E-state index contributed by atoms with van der Waals surface area (Å²) >= 11 is 0. The molecule has 3 aromatic rings. The van der Waals surface area contributed by atoms with Gasteiger partial charge in [-0.15, -0.1) is 0 Å². The SMILES string of the molecule is O=C(O)C1c2ccccc2C(=O)N(C2CC2)C1c1c[nH]c2ccccc12. The first-order valence-electron chi connectivity index (χ1n) is 8.87. The van der Waals surface area contributed by atoms with Gasteiger partial charge in [-0.1, -0.05) is 36.4 Å². The lowest BCUT2D eigenvalue weighted by Crippen LogP contribution is -2.46. The number of carbonyl (C=O) groups is 2. The van der Waals surface area contributed by atoms with E-state index >= 15 is 0 Å². The number of aromatic nitrogens is 1. The van der Waals surface area contributed by atoms with Crippen LogP contribution in [0.25, 0.3) is 10.9 Å². The maximum Gasteiger partial charge on any atom is 0.313 e. The fraction of sp³-hybridized carbons (Fsp3) is 0.238. The molecular formula is C21H18N2O3. The zero-order valence-electron chi connectivity index (χ0n) is 14.1. The van der Waals surface area contributed by atoms with Crippen molar-refractivity contribution >= 4 is 22.8 Å². The lowest BCUT2D eigenvalue weighted by atomic mass is 9.79. The Morgan fingerprint density at radius 2 is 1.77 bits per heavy atom. The fourth-order valence-corrected chi connectivity index (χ4v) is 4.24. The van der Waals surface area contributed by atoms with E-state index in [0.717, 1.165) is 29.3 Å². The zero-order valence-corrected chi connectivity index (χ0v) is 14.1. The molecule has 130 valence electrons. The Morgan fingerprint density at radius 1 is 1.04 bits per heavy atom. The van der Waals surface area contributed by atoms with E-state index < -0.39 is 17.9 Å². The van der Waals surface area contributed by atoms with Gasteiger partial charge in [0.1, 0.15) is 5.92 Å². The Kier molecular flexibility index (Phi) is 3.19. The summed E-state index contributed by atoms with van der Waals surface area (Å²) in [5, 5.41) is 11.1. The Morgan fingerprint density at radius 3 is 2.54 bits per heavy atom.